The van der Waals surface area contributed by atoms with Gasteiger partial charge in [-0.05, 0) is 54.3 Å². The van der Waals surface area contributed by atoms with E-state index in [9.17, 15) is 4.79 Å². The molecule has 2 aromatic heterocycles. The highest BCUT2D eigenvalue weighted by Crippen LogP contribution is 2.46. The summed E-state index contributed by atoms with van der Waals surface area (Å²) in [7, 11) is 1.40. The average molecular weight is 541 g/mol. The Bertz CT molecular complexity index is 1580. The molecule has 38 heavy (non-hydrogen) atoms. The van der Waals surface area contributed by atoms with Crippen LogP contribution >= 0.6 is 23.1 Å². The monoisotopic (exact) mass is 540 g/mol. The molecular weight excluding hydrogens is 512 g/mol. The SMILES string of the molecule is CCn1c(-c2cccc3c2N(Cc2cccs2)C(SCc2ccccc2)N3)nc2cc(C(=O)OC)ccc21. The molecule has 0 fully saturated rings. The number of thioether (sulfide) groups is 1. The number of methoxy groups -OCH3 is 1. The minimum absolute atomic E-state index is 0.0823. The molecule has 3 aromatic carbocycles. The van der Waals surface area contributed by atoms with Crippen LogP contribution in [0.1, 0.15) is 27.7 Å². The standard InChI is InChI=1S/C30H28N4O2S2/c1-3-33-26-15-14-21(29(35)36-2)17-25(26)31-28(33)23-12-7-13-24-27(23)34(18-22-11-8-16-37-22)30(32-24)38-19-20-9-5-4-6-10-20/h4-17,30,32H,3,18-19H2,1-2H3. The summed E-state index contributed by atoms with van der Waals surface area (Å²) in [6, 6.07) is 26.9. The molecule has 0 bridgehead atoms. The van der Waals surface area contributed by atoms with Crippen LogP contribution in [0.3, 0.4) is 0 Å². The number of thiophene rings is 1. The molecule has 6 nitrogen and oxygen atoms in total. The normalized spacial score (nSPS) is 14.5. The second-order valence-electron chi connectivity index (χ2n) is 9.08. The van der Waals surface area contributed by atoms with Crippen molar-refractivity contribution in [1.29, 1.82) is 0 Å². The minimum atomic E-state index is -0.357. The Morgan fingerprint density at radius 2 is 1.95 bits per heavy atom. The zero-order chi connectivity index (χ0) is 26.1. The molecular formula is C30H28N4O2S2. The first-order valence-corrected chi connectivity index (χ1v) is 14.5. The van der Waals surface area contributed by atoms with Crippen molar-refractivity contribution in [3.05, 3.63) is 100 Å². The van der Waals surface area contributed by atoms with E-state index in [2.05, 4.69) is 87.8 Å². The summed E-state index contributed by atoms with van der Waals surface area (Å²) < 4.78 is 7.16. The molecule has 8 heteroatoms. The van der Waals surface area contributed by atoms with Gasteiger partial charge in [0.25, 0.3) is 0 Å². The number of para-hydroxylation sites is 1. The van der Waals surface area contributed by atoms with Gasteiger partial charge in [-0.25, -0.2) is 9.78 Å². The maximum Gasteiger partial charge on any atom is 0.337 e. The number of aryl methyl sites for hydroxylation is 1. The maximum atomic E-state index is 12.2. The van der Waals surface area contributed by atoms with Gasteiger partial charge in [0.2, 0.25) is 0 Å². The largest absolute Gasteiger partial charge is 0.465 e. The molecule has 192 valence electrons. The Kier molecular flexibility index (Phi) is 6.82. The summed E-state index contributed by atoms with van der Waals surface area (Å²) in [6.07, 6.45) is 0. The average Bonchev–Trinajstić information content (AvgIpc) is 3.69. The van der Waals surface area contributed by atoms with E-state index in [1.807, 2.05) is 30.0 Å². The van der Waals surface area contributed by atoms with Gasteiger partial charge in [0.15, 0.2) is 0 Å². The number of nitrogens with one attached hydrogen (secondary N) is 1. The van der Waals surface area contributed by atoms with Crippen LogP contribution in [0.4, 0.5) is 11.4 Å². The number of imidazole rings is 1. The molecule has 0 spiro atoms. The third kappa shape index (κ3) is 4.54. The third-order valence-corrected chi connectivity index (χ3v) is 8.82. The molecule has 1 aliphatic rings. The van der Waals surface area contributed by atoms with Crippen LogP contribution in [0.15, 0.2) is 84.2 Å². The van der Waals surface area contributed by atoms with Crippen LogP contribution in [-0.2, 0) is 23.6 Å². The number of rotatable bonds is 8. The second kappa shape index (κ2) is 10.6. The van der Waals surface area contributed by atoms with Gasteiger partial charge in [0.05, 0.1) is 41.6 Å². The fraction of sp³-hybridized carbons (Fsp3) is 0.200. The number of fused-ring (bicyclic) bond motifs is 2. The van der Waals surface area contributed by atoms with E-state index in [0.717, 1.165) is 52.6 Å². The van der Waals surface area contributed by atoms with E-state index >= 15 is 0 Å². The van der Waals surface area contributed by atoms with Crippen molar-refractivity contribution in [2.24, 2.45) is 0 Å². The summed E-state index contributed by atoms with van der Waals surface area (Å²) in [5, 5.41) is 5.91. The number of benzene rings is 3. The number of hydrogen-bond donors (Lipinski definition) is 1. The lowest BCUT2D eigenvalue weighted by Gasteiger charge is -2.27. The Labute approximate surface area is 230 Å². The van der Waals surface area contributed by atoms with Crippen LogP contribution in [0.2, 0.25) is 0 Å². The molecule has 0 radical (unpaired) electrons. The van der Waals surface area contributed by atoms with Crippen molar-refractivity contribution < 1.29 is 9.53 Å². The van der Waals surface area contributed by atoms with Crippen molar-refractivity contribution in [1.82, 2.24) is 9.55 Å². The highest BCUT2D eigenvalue weighted by atomic mass is 32.2. The molecule has 1 atom stereocenters. The van der Waals surface area contributed by atoms with Crippen LogP contribution in [0, 0.1) is 0 Å². The van der Waals surface area contributed by atoms with Gasteiger partial charge in [0.1, 0.15) is 11.3 Å². The van der Waals surface area contributed by atoms with Gasteiger partial charge >= 0.3 is 5.97 Å². The predicted molar refractivity (Wildman–Crippen MR) is 158 cm³/mol. The molecule has 3 heterocycles. The van der Waals surface area contributed by atoms with Crippen LogP contribution in [0.5, 0.6) is 0 Å². The quantitative estimate of drug-likeness (QED) is 0.210. The predicted octanol–water partition coefficient (Wildman–Crippen LogP) is 7.22. The van der Waals surface area contributed by atoms with E-state index in [4.69, 9.17) is 9.72 Å². The lowest BCUT2D eigenvalue weighted by Crippen LogP contribution is -2.32. The van der Waals surface area contributed by atoms with E-state index in [1.54, 1.807) is 11.3 Å². The van der Waals surface area contributed by atoms with Crippen molar-refractivity contribution in [2.75, 3.05) is 17.3 Å². The number of carbonyl (C=O) groups is 1. The summed E-state index contributed by atoms with van der Waals surface area (Å²) in [4.78, 5) is 21.0. The molecule has 0 saturated carbocycles. The molecule has 1 N–H and O–H groups in total. The fourth-order valence-electron chi connectivity index (χ4n) is 4.99. The van der Waals surface area contributed by atoms with Crippen LogP contribution in [0.25, 0.3) is 22.4 Å². The lowest BCUT2D eigenvalue weighted by molar-refractivity contribution is 0.0601. The number of esters is 1. The Balaban J connectivity index is 1.43. The van der Waals surface area contributed by atoms with E-state index in [1.165, 1.54) is 17.6 Å². The Morgan fingerprint density at radius 3 is 2.71 bits per heavy atom. The molecule has 0 amide bonds. The number of aromatic nitrogens is 2. The smallest absolute Gasteiger partial charge is 0.337 e. The molecule has 6 rings (SSSR count). The van der Waals surface area contributed by atoms with Gasteiger partial charge in [-0.15, -0.1) is 23.1 Å². The summed E-state index contributed by atoms with van der Waals surface area (Å²) >= 11 is 3.67. The lowest BCUT2D eigenvalue weighted by atomic mass is 10.1. The summed E-state index contributed by atoms with van der Waals surface area (Å²) in [5.41, 5.74) is 7.02. The van der Waals surface area contributed by atoms with Gasteiger partial charge in [-0.1, -0.05) is 42.5 Å². The van der Waals surface area contributed by atoms with Gasteiger partial charge < -0.3 is 19.5 Å². The molecule has 0 aliphatic carbocycles. The number of ether oxygens (including phenoxy) is 1. The van der Waals surface area contributed by atoms with Crippen molar-refractivity contribution in [2.45, 2.75) is 31.3 Å². The van der Waals surface area contributed by atoms with E-state index < -0.39 is 0 Å². The Morgan fingerprint density at radius 1 is 1.08 bits per heavy atom. The molecule has 1 unspecified atom stereocenters. The van der Waals surface area contributed by atoms with Crippen molar-refractivity contribution in [3.8, 4) is 11.4 Å². The molecule has 1 aliphatic heterocycles. The van der Waals surface area contributed by atoms with Crippen LogP contribution in [-0.4, -0.2) is 28.1 Å². The number of hydrogen-bond acceptors (Lipinski definition) is 7. The number of nitrogens with zero attached hydrogens (tertiary/aromatic N) is 3. The highest BCUT2D eigenvalue weighted by molar-refractivity contribution is 7.99. The number of anilines is 2. The molecule has 0 saturated heterocycles. The highest BCUT2D eigenvalue weighted by Gasteiger charge is 2.33. The third-order valence-electron chi connectivity index (χ3n) is 6.77. The first-order valence-electron chi connectivity index (χ1n) is 12.6. The number of carbonyl (C=O) groups excluding carboxylic acids is 1. The van der Waals surface area contributed by atoms with E-state index in [0.29, 0.717) is 5.56 Å². The first kappa shape index (κ1) is 24.6. The fourth-order valence-corrected chi connectivity index (χ4v) is 6.81. The summed E-state index contributed by atoms with van der Waals surface area (Å²) in [6.45, 7) is 3.69. The zero-order valence-corrected chi connectivity index (χ0v) is 22.9. The minimum Gasteiger partial charge on any atom is -0.465 e. The topological polar surface area (TPSA) is 59.4 Å². The van der Waals surface area contributed by atoms with Gasteiger partial charge in [-0.2, -0.15) is 0 Å². The van der Waals surface area contributed by atoms with E-state index in [-0.39, 0.29) is 11.5 Å². The maximum absolute atomic E-state index is 12.2. The van der Waals surface area contributed by atoms with Crippen molar-refractivity contribution >= 4 is 51.5 Å². The zero-order valence-electron chi connectivity index (χ0n) is 21.3. The van der Waals surface area contributed by atoms with Gasteiger partial charge in [0, 0.05) is 22.7 Å². The Hall–Kier alpha value is -3.75. The summed E-state index contributed by atoms with van der Waals surface area (Å²) in [5.74, 6) is 1.45. The van der Waals surface area contributed by atoms with Crippen LogP contribution < -0.4 is 10.2 Å². The second-order valence-corrected chi connectivity index (χ2v) is 11.2. The van der Waals surface area contributed by atoms with Gasteiger partial charge in [-0.3, -0.25) is 0 Å². The van der Waals surface area contributed by atoms with Crippen molar-refractivity contribution in [3.63, 3.8) is 0 Å². The molecule has 5 aromatic rings. The first-order chi connectivity index (χ1) is 18.7.